The van der Waals surface area contributed by atoms with E-state index in [4.69, 9.17) is 4.74 Å². The van der Waals surface area contributed by atoms with Crippen molar-refractivity contribution in [3.8, 4) is 0 Å². The van der Waals surface area contributed by atoms with Gasteiger partial charge in [0.15, 0.2) is 0 Å². The Bertz CT molecular complexity index is 234. The summed E-state index contributed by atoms with van der Waals surface area (Å²) in [6, 6.07) is 0. The third kappa shape index (κ3) is 1.04. The molecule has 1 saturated heterocycles. The molecule has 2 rings (SSSR count). The van der Waals surface area contributed by atoms with Gasteiger partial charge in [-0.25, -0.2) is 0 Å². The van der Waals surface area contributed by atoms with Crippen LogP contribution in [0.25, 0.3) is 0 Å². The molecular formula is C9H12O3. The number of Topliss-reactive ketones (excluding diaryl/α,β-unsaturated/α-hetero) is 1. The Balaban J connectivity index is 2.19. The smallest absolute Gasteiger partial charge is 0.306 e. The predicted octanol–water partition coefficient (Wildman–Crippen LogP) is 0.917. The Morgan fingerprint density at radius 1 is 1.42 bits per heavy atom. The molecule has 0 aromatic heterocycles. The van der Waals surface area contributed by atoms with Gasteiger partial charge >= 0.3 is 5.97 Å². The van der Waals surface area contributed by atoms with Crippen LogP contribution in [0.2, 0.25) is 0 Å². The number of cyclic esters (lactones) is 1. The highest BCUT2D eigenvalue weighted by molar-refractivity contribution is 5.88. The van der Waals surface area contributed by atoms with Crippen LogP contribution in [0, 0.1) is 11.8 Å². The van der Waals surface area contributed by atoms with E-state index in [1.807, 2.05) is 6.92 Å². The van der Waals surface area contributed by atoms with Crippen molar-refractivity contribution in [1.29, 1.82) is 0 Å². The van der Waals surface area contributed by atoms with E-state index in [-0.39, 0.29) is 23.8 Å². The van der Waals surface area contributed by atoms with Crippen molar-refractivity contribution in [3.63, 3.8) is 0 Å². The molecule has 3 atom stereocenters. The third-order valence-electron chi connectivity index (χ3n) is 2.96. The maximum absolute atomic E-state index is 11.3. The SMILES string of the molecule is CC1OC(=O)CC2C(=O)CCC12. The van der Waals surface area contributed by atoms with Crippen LogP contribution in [0.3, 0.4) is 0 Å². The van der Waals surface area contributed by atoms with E-state index < -0.39 is 0 Å². The molecule has 3 heteroatoms. The molecule has 0 spiro atoms. The first-order chi connectivity index (χ1) is 5.68. The number of rotatable bonds is 0. The highest BCUT2D eigenvalue weighted by atomic mass is 16.5. The molecule has 3 unspecified atom stereocenters. The molecule has 12 heavy (non-hydrogen) atoms. The fourth-order valence-corrected chi connectivity index (χ4v) is 2.28. The highest BCUT2D eigenvalue weighted by Crippen LogP contribution is 2.38. The number of ether oxygens (including phenoxy) is 1. The van der Waals surface area contributed by atoms with Crippen LogP contribution in [0.15, 0.2) is 0 Å². The Kier molecular flexibility index (Phi) is 1.67. The summed E-state index contributed by atoms with van der Waals surface area (Å²) in [6.07, 6.45) is 1.80. The molecule has 66 valence electrons. The van der Waals surface area contributed by atoms with Gasteiger partial charge in [0.1, 0.15) is 11.9 Å². The van der Waals surface area contributed by atoms with Crippen LogP contribution in [-0.4, -0.2) is 17.9 Å². The monoisotopic (exact) mass is 168 g/mol. The summed E-state index contributed by atoms with van der Waals surface area (Å²) in [6.45, 7) is 1.88. The lowest BCUT2D eigenvalue weighted by Crippen LogP contribution is -2.36. The van der Waals surface area contributed by atoms with Crippen LogP contribution in [0.1, 0.15) is 26.2 Å². The molecule has 3 nitrogen and oxygen atoms in total. The van der Waals surface area contributed by atoms with Gasteiger partial charge in [0.05, 0.1) is 6.42 Å². The molecule has 1 aliphatic carbocycles. The van der Waals surface area contributed by atoms with Crippen molar-refractivity contribution >= 4 is 11.8 Å². The molecule has 1 aliphatic heterocycles. The molecule has 0 N–H and O–H groups in total. The normalized spacial score (nSPS) is 40.9. The molecule has 0 amide bonds. The van der Waals surface area contributed by atoms with E-state index in [9.17, 15) is 9.59 Å². The van der Waals surface area contributed by atoms with Gasteiger partial charge < -0.3 is 4.74 Å². The van der Waals surface area contributed by atoms with Crippen molar-refractivity contribution in [2.24, 2.45) is 11.8 Å². The lowest BCUT2D eigenvalue weighted by molar-refractivity contribution is -0.161. The molecule has 0 bridgehead atoms. The van der Waals surface area contributed by atoms with E-state index in [1.54, 1.807) is 0 Å². The van der Waals surface area contributed by atoms with E-state index >= 15 is 0 Å². The van der Waals surface area contributed by atoms with Crippen LogP contribution in [0.4, 0.5) is 0 Å². The van der Waals surface area contributed by atoms with Gasteiger partial charge in [-0.3, -0.25) is 9.59 Å². The lowest BCUT2D eigenvalue weighted by Gasteiger charge is -2.29. The third-order valence-corrected chi connectivity index (χ3v) is 2.96. The van der Waals surface area contributed by atoms with Crippen LogP contribution < -0.4 is 0 Å². The first kappa shape index (κ1) is 7.77. The fraction of sp³-hybridized carbons (Fsp3) is 0.778. The first-order valence-electron chi connectivity index (χ1n) is 4.40. The molecule has 1 saturated carbocycles. The summed E-state index contributed by atoms with van der Waals surface area (Å²) in [7, 11) is 0. The maximum atomic E-state index is 11.3. The van der Waals surface area contributed by atoms with E-state index in [0.29, 0.717) is 18.8 Å². The standard InChI is InChI=1S/C9H12O3/c1-5-6-2-3-8(10)7(6)4-9(11)12-5/h5-7H,2-4H2,1H3. The summed E-state index contributed by atoms with van der Waals surface area (Å²) in [4.78, 5) is 22.3. The van der Waals surface area contributed by atoms with Crippen LogP contribution in [0.5, 0.6) is 0 Å². The largest absolute Gasteiger partial charge is 0.462 e. The molecule has 0 radical (unpaired) electrons. The van der Waals surface area contributed by atoms with Gasteiger partial charge in [-0.05, 0) is 13.3 Å². The van der Waals surface area contributed by atoms with Gasteiger partial charge in [-0.15, -0.1) is 0 Å². The highest BCUT2D eigenvalue weighted by Gasteiger charge is 2.43. The Hall–Kier alpha value is -0.860. The van der Waals surface area contributed by atoms with Gasteiger partial charge in [-0.1, -0.05) is 0 Å². The maximum Gasteiger partial charge on any atom is 0.306 e. The average Bonchev–Trinajstić information content (AvgIpc) is 2.33. The topological polar surface area (TPSA) is 43.4 Å². The van der Waals surface area contributed by atoms with Gasteiger partial charge in [0, 0.05) is 18.3 Å². The Labute approximate surface area is 71.1 Å². The molecular weight excluding hydrogens is 156 g/mol. The van der Waals surface area contributed by atoms with Crippen LogP contribution >= 0.6 is 0 Å². The quantitative estimate of drug-likeness (QED) is 0.505. The van der Waals surface area contributed by atoms with Crippen molar-refractivity contribution < 1.29 is 14.3 Å². The minimum atomic E-state index is -0.209. The zero-order chi connectivity index (χ0) is 8.72. The van der Waals surface area contributed by atoms with Crippen molar-refractivity contribution in [2.75, 3.05) is 0 Å². The number of hydrogen-bond acceptors (Lipinski definition) is 3. The molecule has 0 aromatic carbocycles. The molecule has 2 aliphatic rings. The summed E-state index contributed by atoms with van der Waals surface area (Å²) in [5, 5.41) is 0. The summed E-state index contributed by atoms with van der Waals surface area (Å²) in [5.74, 6) is 0.318. The number of ketones is 1. The first-order valence-corrected chi connectivity index (χ1v) is 4.40. The van der Waals surface area contributed by atoms with Crippen molar-refractivity contribution in [2.45, 2.75) is 32.3 Å². The minimum Gasteiger partial charge on any atom is -0.462 e. The zero-order valence-corrected chi connectivity index (χ0v) is 7.08. The van der Waals surface area contributed by atoms with Gasteiger partial charge in [-0.2, -0.15) is 0 Å². The molecule has 0 aromatic rings. The number of hydrogen-bond donors (Lipinski definition) is 0. The van der Waals surface area contributed by atoms with E-state index in [0.717, 1.165) is 6.42 Å². The summed E-state index contributed by atoms with van der Waals surface area (Å²) in [5.41, 5.74) is 0. The number of carbonyl (C=O) groups is 2. The lowest BCUT2D eigenvalue weighted by atomic mass is 9.86. The Morgan fingerprint density at radius 3 is 2.92 bits per heavy atom. The van der Waals surface area contributed by atoms with Crippen LogP contribution in [-0.2, 0) is 14.3 Å². The summed E-state index contributed by atoms with van der Waals surface area (Å²) < 4.78 is 5.06. The van der Waals surface area contributed by atoms with Gasteiger partial charge in [0.2, 0.25) is 0 Å². The molecule has 1 heterocycles. The fourth-order valence-electron chi connectivity index (χ4n) is 2.28. The number of carbonyl (C=O) groups excluding carboxylic acids is 2. The van der Waals surface area contributed by atoms with Crippen molar-refractivity contribution in [3.05, 3.63) is 0 Å². The zero-order valence-electron chi connectivity index (χ0n) is 7.08. The van der Waals surface area contributed by atoms with E-state index in [2.05, 4.69) is 0 Å². The second kappa shape index (κ2) is 2.57. The molecule has 2 fully saturated rings. The Morgan fingerprint density at radius 2 is 2.17 bits per heavy atom. The number of fused-ring (bicyclic) bond motifs is 1. The minimum absolute atomic E-state index is 0.0266. The second-order valence-corrected chi connectivity index (χ2v) is 3.67. The average molecular weight is 168 g/mol. The van der Waals surface area contributed by atoms with E-state index in [1.165, 1.54) is 0 Å². The predicted molar refractivity (Wildman–Crippen MR) is 41.4 cm³/mol. The van der Waals surface area contributed by atoms with Crippen molar-refractivity contribution in [1.82, 2.24) is 0 Å². The summed E-state index contributed by atoms with van der Waals surface area (Å²) >= 11 is 0. The number of esters is 1. The second-order valence-electron chi connectivity index (χ2n) is 3.67. The van der Waals surface area contributed by atoms with Gasteiger partial charge in [0.25, 0.3) is 0 Å².